The minimum absolute atomic E-state index is 0.126. The van der Waals surface area contributed by atoms with Crippen molar-refractivity contribution in [2.24, 2.45) is 0 Å². The molecule has 0 aliphatic carbocycles. The van der Waals surface area contributed by atoms with Crippen molar-refractivity contribution >= 4 is 15.9 Å². The Hall–Kier alpha value is -1.40. The number of nitrogens with zero attached hydrogens (tertiary/aromatic N) is 1. The lowest BCUT2D eigenvalue weighted by atomic mass is 10.1. The summed E-state index contributed by atoms with van der Waals surface area (Å²) in [7, 11) is -3.34. The summed E-state index contributed by atoms with van der Waals surface area (Å²) in [6, 6.07) is 7.83. The van der Waals surface area contributed by atoms with E-state index in [1.807, 2.05) is 38.1 Å². The molecular weight excluding hydrogens is 276 g/mol. The van der Waals surface area contributed by atoms with E-state index in [1.165, 1.54) is 4.31 Å². The Balaban J connectivity index is 2.52. The first-order valence-corrected chi connectivity index (χ1v) is 8.45. The van der Waals surface area contributed by atoms with Crippen LogP contribution in [0.4, 0.5) is 0 Å². The third-order valence-electron chi connectivity index (χ3n) is 2.87. The molecule has 0 aliphatic rings. The van der Waals surface area contributed by atoms with Crippen molar-refractivity contribution in [2.75, 3.05) is 19.3 Å². The Kier molecular flexibility index (Phi) is 6.16. The van der Waals surface area contributed by atoms with Crippen LogP contribution < -0.4 is 5.32 Å². The average Bonchev–Trinajstić information content (AvgIpc) is 2.36. The van der Waals surface area contributed by atoms with Gasteiger partial charge in [0.1, 0.15) is 0 Å². The van der Waals surface area contributed by atoms with Gasteiger partial charge >= 0.3 is 0 Å². The smallest absolute Gasteiger partial charge is 0.235 e. The molecule has 0 fully saturated rings. The van der Waals surface area contributed by atoms with Gasteiger partial charge in [-0.25, -0.2) is 8.42 Å². The zero-order valence-electron chi connectivity index (χ0n) is 12.2. The zero-order chi connectivity index (χ0) is 15.2. The maximum atomic E-state index is 11.8. The maximum absolute atomic E-state index is 11.8. The van der Waals surface area contributed by atoms with Gasteiger partial charge in [0, 0.05) is 13.1 Å². The fraction of sp³-hybridized carbons (Fsp3) is 0.500. The molecule has 0 unspecified atom stereocenters. The molecule has 5 nitrogen and oxygen atoms in total. The second-order valence-electron chi connectivity index (χ2n) is 4.86. The molecule has 0 aliphatic heterocycles. The molecule has 1 aromatic rings. The van der Waals surface area contributed by atoms with E-state index in [9.17, 15) is 13.2 Å². The summed E-state index contributed by atoms with van der Waals surface area (Å²) in [6.45, 7) is 4.51. The van der Waals surface area contributed by atoms with Crippen molar-refractivity contribution in [2.45, 2.75) is 26.8 Å². The Labute approximate surface area is 121 Å². The number of benzene rings is 1. The fourth-order valence-electron chi connectivity index (χ4n) is 1.73. The van der Waals surface area contributed by atoms with E-state index in [0.717, 1.165) is 17.4 Å². The predicted octanol–water partition coefficient (Wildman–Crippen LogP) is 1.28. The number of sulfonamides is 1. The zero-order valence-corrected chi connectivity index (χ0v) is 13.0. The van der Waals surface area contributed by atoms with Gasteiger partial charge in [-0.3, -0.25) is 4.79 Å². The van der Waals surface area contributed by atoms with Gasteiger partial charge in [-0.05, 0) is 18.9 Å². The molecule has 0 radical (unpaired) electrons. The van der Waals surface area contributed by atoms with E-state index in [0.29, 0.717) is 19.5 Å². The lowest BCUT2D eigenvalue weighted by molar-refractivity contribution is -0.121. The number of amides is 1. The Morgan fingerprint density at radius 2 is 1.85 bits per heavy atom. The number of hydrogen-bond donors (Lipinski definition) is 1. The van der Waals surface area contributed by atoms with Gasteiger partial charge in [0.05, 0.1) is 12.8 Å². The van der Waals surface area contributed by atoms with Crippen molar-refractivity contribution in [1.82, 2.24) is 9.62 Å². The summed E-state index contributed by atoms with van der Waals surface area (Å²) >= 11 is 0. The second kappa shape index (κ2) is 7.40. The van der Waals surface area contributed by atoms with Gasteiger partial charge in [-0.1, -0.05) is 36.8 Å². The van der Waals surface area contributed by atoms with Crippen LogP contribution in [0, 0.1) is 6.92 Å². The molecule has 1 rings (SSSR count). The molecule has 20 heavy (non-hydrogen) atoms. The number of aryl methyl sites for hydroxylation is 1. The van der Waals surface area contributed by atoms with E-state index < -0.39 is 10.0 Å². The van der Waals surface area contributed by atoms with Crippen LogP contribution in [0.1, 0.15) is 24.5 Å². The fourth-order valence-corrected chi connectivity index (χ4v) is 2.60. The van der Waals surface area contributed by atoms with Crippen molar-refractivity contribution in [3.8, 4) is 0 Å². The highest BCUT2D eigenvalue weighted by atomic mass is 32.2. The van der Waals surface area contributed by atoms with Crippen molar-refractivity contribution in [3.05, 3.63) is 35.4 Å². The predicted molar refractivity (Wildman–Crippen MR) is 79.7 cm³/mol. The van der Waals surface area contributed by atoms with Crippen molar-refractivity contribution < 1.29 is 13.2 Å². The van der Waals surface area contributed by atoms with Gasteiger partial charge in [0.25, 0.3) is 0 Å². The summed E-state index contributed by atoms with van der Waals surface area (Å²) in [5, 5.41) is 2.73. The van der Waals surface area contributed by atoms with Crippen LogP contribution in [0.5, 0.6) is 0 Å². The monoisotopic (exact) mass is 298 g/mol. The first-order chi connectivity index (χ1) is 9.32. The molecule has 0 spiro atoms. The number of carbonyl (C=O) groups is 1. The summed E-state index contributed by atoms with van der Waals surface area (Å²) in [4.78, 5) is 11.8. The molecular formula is C14H22N2O3S. The van der Waals surface area contributed by atoms with E-state index >= 15 is 0 Å². The summed E-state index contributed by atoms with van der Waals surface area (Å²) in [5.41, 5.74) is 2.15. The highest BCUT2D eigenvalue weighted by Crippen LogP contribution is 2.03. The summed E-state index contributed by atoms with van der Waals surface area (Å²) < 4.78 is 24.2. The van der Waals surface area contributed by atoms with Crippen LogP contribution in [0.15, 0.2) is 24.3 Å². The van der Waals surface area contributed by atoms with Crippen LogP contribution in [-0.4, -0.2) is 38.0 Å². The van der Waals surface area contributed by atoms with E-state index in [4.69, 9.17) is 0 Å². The Morgan fingerprint density at radius 3 is 2.35 bits per heavy atom. The molecule has 0 heterocycles. The molecule has 0 saturated carbocycles. The molecule has 1 aromatic carbocycles. The quantitative estimate of drug-likeness (QED) is 0.824. The summed E-state index contributed by atoms with van der Waals surface area (Å²) in [5.74, 6) is -0.288. The molecule has 0 aromatic heterocycles. The minimum atomic E-state index is -3.34. The summed E-state index contributed by atoms with van der Waals surface area (Å²) in [6.07, 6.45) is 1.80. The van der Waals surface area contributed by atoms with Crippen LogP contribution in [0.25, 0.3) is 0 Å². The maximum Gasteiger partial charge on any atom is 0.235 e. The molecule has 112 valence electrons. The highest BCUT2D eigenvalue weighted by Gasteiger charge is 2.18. The third-order valence-corrected chi connectivity index (χ3v) is 4.12. The number of nitrogens with one attached hydrogen (secondary N) is 1. The van der Waals surface area contributed by atoms with Gasteiger partial charge in [0.15, 0.2) is 0 Å². The van der Waals surface area contributed by atoms with Crippen molar-refractivity contribution in [3.63, 3.8) is 0 Å². The molecule has 6 heteroatoms. The van der Waals surface area contributed by atoms with E-state index in [-0.39, 0.29) is 12.5 Å². The van der Waals surface area contributed by atoms with Gasteiger partial charge in [-0.15, -0.1) is 0 Å². The van der Waals surface area contributed by atoms with Crippen LogP contribution in [0.3, 0.4) is 0 Å². The minimum Gasteiger partial charge on any atom is -0.351 e. The normalized spacial score (nSPS) is 11.6. The lowest BCUT2D eigenvalue weighted by Gasteiger charge is -2.18. The number of rotatable bonds is 7. The van der Waals surface area contributed by atoms with Crippen LogP contribution in [-0.2, 0) is 21.4 Å². The standard InChI is InChI=1S/C14H22N2O3S/c1-4-9-16(20(3,18)19)11-14(17)15-10-13-7-5-12(2)6-8-13/h5-8H,4,9-11H2,1-3H3,(H,15,17). The molecule has 1 amide bonds. The number of hydrogen-bond acceptors (Lipinski definition) is 3. The molecule has 0 saturated heterocycles. The Morgan fingerprint density at radius 1 is 1.25 bits per heavy atom. The molecule has 1 N–H and O–H groups in total. The van der Waals surface area contributed by atoms with Crippen molar-refractivity contribution in [1.29, 1.82) is 0 Å². The average molecular weight is 298 g/mol. The molecule has 0 bridgehead atoms. The largest absolute Gasteiger partial charge is 0.351 e. The van der Waals surface area contributed by atoms with Gasteiger partial charge < -0.3 is 5.32 Å². The topological polar surface area (TPSA) is 66.5 Å². The van der Waals surface area contributed by atoms with Crippen LogP contribution in [0.2, 0.25) is 0 Å². The lowest BCUT2D eigenvalue weighted by Crippen LogP contribution is -2.40. The van der Waals surface area contributed by atoms with Gasteiger partial charge in [-0.2, -0.15) is 4.31 Å². The molecule has 0 atom stereocenters. The first kappa shape index (κ1) is 16.7. The van der Waals surface area contributed by atoms with E-state index in [1.54, 1.807) is 0 Å². The SMILES string of the molecule is CCCN(CC(=O)NCc1ccc(C)cc1)S(C)(=O)=O. The second-order valence-corrected chi connectivity index (χ2v) is 6.84. The number of carbonyl (C=O) groups excluding carboxylic acids is 1. The Bertz CT molecular complexity index is 538. The van der Waals surface area contributed by atoms with E-state index in [2.05, 4.69) is 5.32 Å². The van der Waals surface area contributed by atoms with Crippen LogP contribution >= 0.6 is 0 Å². The van der Waals surface area contributed by atoms with Gasteiger partial charge in [0.2, 0.25) is 15.9 Å². The first-order valence-electron chi connectivity index (χ1n) is 6.60. The highest BCUT2D eigenvalue weighted by molar-refractivity contribution is 7.88. The third kappa shape index (κ3) is 5.71.